The predicted octanol–water partition coefficient (Wildman–Crippen LogP) is 4.12. The van der Waals surface area contributed by atoms with E-state index in [4.69, 9.17) is 0 Å². The number of hydrogen-bond acceptors (Lipinski definition) is 8. The number of carbonyl (C=O) groups excluding carboxylic acids is 1. The number of nitrogens with zero attached hydrogens (tertiary/aromatic N) is 8. The third kappa shape index (κ3) is 7.17. The maximum Gasteiger partial charge on any atom is 0.416 e. The van der Waals surface area contributed by atoms with Gasteiger partial charge in [-0.1, -0.05) is 11.8 Å². The number of amides is 1. The van der Waals surface area contributed by atoms with E-state index in [9.17, 15) is 18.0 Å². The van der Waals surface area contributed by atoms with Gasteiger partial charge in [0, 0.05) is 49.5 Å². The van der Waals surface area contributed by atoms with Crippen molar-refractivity contribution in [3.63, 3.8) is 0 Å². The molecule has 13 heteroatoms. The first-order valence-corrected chi connectivity index (χ1v) is 12.6. The largest absolute Gasteiger partial charge is 0.416 e. The van der Waals surface area contributed by atoms with Crippen molar-refractivity contribution in [3.05, 3.63) is 72.7 Å². The van der Waals surface area contributed by atoms with E-state index in [1.165, 1.54) is 10.9 Å². The number of nitrogens with one attached hydrogen (secondary N) is 1. The molecule has 0 aromatic carbocycles. The Labute approximate surface area is 229 Å². The lowest BCUT2D eigenvalue weighted by Gasteiger charge is -2.22. The maximum absolute atomic E-state index is 12.9. The predicted molar refractivity (Wildman–Crippen MR) is 146 cm³/mol. The molecule has 1 aliphatic heterocycles. The minimum Gasteiger partial charge on any atom is -0.369 e. The minimum atomic E-state index is -4.57. The van der Waals surface area contributed by atoms with Crippen molar-refractivity contribution in [3.8, 4) is 11.3 Å². The summed E-state index contributed by atoms with van der Waals surface area (Å²) in [6.45, 7) is 11.2. The van der Waals surface area contributed by atoms with Gasteiger partial charge in [0.2, 0.25) is 0 Å². The molecule has 1 aliphatic rings. The number of alkyl halides is 3. The highest BCUT2D eigenvalue weighted by atomic mass is 19.4. The van der Waals surface area contributed by atoms with E-state index in [0.717, 1.165) is 56.1 Å². The summed E-state index contributed by atoms with van der Waals surface area (Å²) >= 11 is 0. The van der Waals surface area contributed by atoms with Gasteiger partial charge in [-0.25, -0.2) is 4.68 Å². The molecule has 4 rings (SSSR count). The summed E-state index contributed by atoms with van der Waals surface area (Å²) in [5.41, 5.74) is 2.41. The SMILES string of the molecule is C=C(C(C)=N/C=C(\C)NC(=O)c1cc(C(F)(F)F)ccn1)n1cc(-c2cncc(N3CCCN(C)CC3)c2)nn1. The number of hydrogen-bond donors (Lipinski definition) is 1. The van der Waals surface area contributed by atoms with Crippen molar-refractivity contribution < 1.29 is 18.0 Å². The molecule has 10 nitrogen and oxygen atoms in total. The van der Waals surface area contributed by atoms with Gasteiger partial charge in [-0.2, -0.15) is 13.2 Å². The molecule has 1 fully saturated rings. The number of aromatic nitrogens is 5. The third-order valence-corrected chi connectivity index (χ3v) is 6.37. The Hall–Kier alpha value is -4.39. The van der Waals surface area contributed by atoms with Crippen molar-refractivity contribution >= 4 is 23.0 Å². The molecule has 1 N–H and O–H groups in total. The van der Waals surface area contributed by atoms with Gasteiger partial charge in [-0.05, 0) is 52.1 Å². The highest BCUT2D eigenvalue weighted by Crippen LogP contribution is 2.29. The van der Waals surface area contributed by atoms with Crippen molar-refractivity contribution in [2.45, 2.75) is 26.4 Å². The average Bonchev–Trinajstić information content (AvgIpc) is 3.33. The van der Waals surface area contributed by atoms with E-state index in [-0.39, 0.29) is 5.69 Å². The molecule has 0 atom stereocenters. The van der Waals surface area contributed by atoms with E-state index >= 15 is 0 Å². The molecule has 0 aliphatic carbocycles. The second-order valence-electron chi connectivity index (χ2n) is 9.48. The van der Waals surface area contributed by atoms with Crippen LogP contribution in [0, 0.1) is 0 Å². The number of aliphatic imine (C=N–C) groups is 1. The smallest absolute Gasteiger partial charge is 0.369 e. The second kappa shape index (κ2) is 12.2. The summed E-state index contributed by atoms with van der Waals surface area (Å²) in [6, 6.07) is 3.54. The lowest BCUT2D eigenvalue weighted by atomic mass is 10.2. The Morgan fingerprint density at radius 2 is 1.95 bits per heavy atom. The van der Waals surface area contributed by atoms with E-state index in [2.05, 4.69) is 54.0 Å². The molecule has 0 radical (unpaired) electrons. The lowest BCUT2D eigenvalue weighted by Crippen LogP contribution is -2.28. The molecule has 0 spiro atoms. The van der Waals surface area contributed by atoms with Gasteiger partial charge < -0.3 is 15.1 Å². The molecular weight excluding hydrogens is 523 g/mol. The summed E-state index contributed by atoms with van der Waals surface area (Å²) in [5.74, 6) is -0.782. The van der Waals surface area contributed by atoms with Crippen LogP contribution in [-0.4, -0.2) is 74.7 Å². The second-order valence-corrected chi connectivity index (χ2v) is 9.48. The zero-order valence-corrected chi connectivity index (χ0v) is 22.5. The van der Waals surface area contributed by atoms with Gasteiger partial charge in [0.15, 0.2) is 0 Å². The number of halogens is 3. The monoisotopic (exact) mass is 553 g/mol. The zero-order valence-electron chi connectivity index (χ0n) is 22.5. The number of pyridine rings is 2. The summed E-state index contributed by atoms with van der Waals surface area (Å²) in [6.07, 6.45) is 4.14. The van der Waals surface area contributed by atoms with E-state index in [0.29, 0.717) is 28.9 Å². The van der Waals surface area contributed by atoms with Crippen molar-refractivity contribution in [1.29, 1.82) is 0 Å². The fraction of sp³-hybridized carbons (Fsp3) is 0.333. The van der Waals surface area contributed by atoms with Crippen molar-refractivity contribution in [1.82, 2.24) is 35.2 Å². The molecule has 3 aromatic rings. The Kier molecular flexibility index (Phi) is 8.73. The lowest BCUT2D eigenvalue weighted by molar-refractivity contribution is -0.137. The van der Waals surface area contributed by atoms with Gasteiger partial charge in [0.25, 0.3) is 5.91 Å². The number of anilines is 1. The van der Waals surface area contributed by atoms with Gasteiger partial charge >= 0.3 is 6.18 Å². The molecule has 1 amide bonds. The van der Waals surface area contributed by atoms with Crippen LogP contribution in [0.15, 0.2) is 66.5 Å². The van der Waals surface area contributed by atoms with Crippen LogP contribution in [0.5, 0.6) is 0 Å². The molecule has 40 heavy (non-hydrogen) atoms. The third-order valence-electron chi connectivity index (χ3n) is 6.37. The van der Waals surface area contributed by atoms with E-state index in [1.807, 2.05) is 12.3 Å². The molecule has 4 heterocycles. The molecule has 210 valence electrons. The minimum absolute atomic E-state index is 0.304. The number of carbonyl (C=O) groups is 1. The van der Waals surface area contributed by atoms with Crippen LogP contribution in [0.1, 0.15) is 36.3 Å². The highest BCUT2D eigenvalue weighted by molar-refractivity contribution is 6.16. The summed E-state index contributed by atoms with van der Waals surface area (Å²) in [4.78, 5) is 29.4. The first kappa shape index (κ1) is 28.6. The quantitative estimate of drug-likeness (QED) is 0.439. The number of allylic oxidation sites excluding steroid dienone is 2. The van der Waals surface area contributed by atoms with Crippen LogP contribution in [0.2, 0.25) is 0 Å². The molecular formula is C27H30F3N9O. The van der Waals surface area contributed by atoms with Gasteiger partial charge in [0.1, 0.15) is 11.4 Å². The summed E-state index contributed by atoms with van der Waals surface area (Å²) in [7, 11) is 2.13. The van der Waals surface area contributed by atoms with E-state index in [1.54, 1.807) is 26.2 Å². The van der Waals surface area contributed by atoms with Crippen LogP contribution in [0.3, 0.4) is 0 Å². The standard InChI is InChI=1S/C27H30F3N9O/c1-18(34-26(40)24-13-22(6-7-32-24)27(28,29)30)14-33-19(2)20(3)39-17-25(35-36-39)21-12-23(16-31-15-21)38-9-5-8-37(4)10-11-38/h6-7,12-17H,3,5,8-11H2,1-2,4H3,(H,34,40)/b18-14+,33-19?. The molecule has 0 bridgehead atoms. The van der Waals surface area contributed by atoms with Gasteiger partial charge in [0.05, 0.1) is 35.1 Å². The molecule has 3 aromatic heterocycles. The summed E-state index contributed by atoms with van der Waals surface area (Å²) < 4.78 is 40.3. The molecule has 1 saturated heterocycles. The topological polar surface area (TPSA) is 104 Å². The Bertz CT molecular complexity index is 1440. The Balaban J connectivity index is 1.42. The van der Waals surface area contributed by atoms with Gasteiger partial charge in [-0.3, -0.25) is 19.8 Å². The van der Waals surface area contributed by atoms with Crippen LogP contribution in [-0.2, 0) is 6.18 Å². The fourth-order valence-electron chi connectivity index (χ4n) is 4.01. The van der Waals surface area contributed by atoms with Crippen molar-refractivity contribution in [2.75, 3.05) is 38.1 Å². The Morgan fingerprint density at radius 3 is 2.73 bits per heavy atom. The summed E-state index contributed by atoms with van der Waals surface area (Å²) in [5, 5.41) is 10.9. The number of rotatable bonds is 7. The normalized spacial score (nSPS) is 15.6. The molecule has 0 saturated carbocycles. The average molecular weight is 554 g/mol. The van der Waals surface area contributed by atoms with E-state index < -0.39 is 17.6 Å². The zero-order chi connectivity index (χ0) is 28.9. The first-order chi connectivity index (χ1) is 19.0. The Morgan fingerprint density at radius 1 is 1.15 bits per heavy atom. The van der Waals surface area contributed by atoms with Gasteiger partial charge in [-0.15, -0.1) is 5.10 Å². The number of likely N-dealkylation sites (N-methyl/N-ethyl adjacent to an activating group) is 1. The molecule has 0 unspecified atom stereocenters. The fourth-order valence-corrected chi connectivity index (χ4v) is 4.01. The van der Waals surface area contributed by atoms with Crippen LogP contribution in [0.25, 0.3) is 17.0 Å². The highest BCUT2D eigenvalue weighted by Gasteiger charge is 2.31. The first-order valence-electron chi connectivity index (χ1n) is 12.6. The van der Waals surface area contributed by atoms with Crippen LogP contribution >= 0.6 is 0 Å². The van der Waals surface area contributed by atoms with Crippen LogP contribution in [0.4, 0.5) is 18.9 Å². The van der Waals surface area contributed by atoms with Crippen LogP contribution < -0.4 is 10.2 Å². The van der Waals surface area contributed by atoms with Crippen molar-refractivity contribution in [2.24, 2.45) is 4.99 Å². The maximum atomic E-state index is 12.9.